The maximum atomic E-state index is 11.5. The molecule has 0 amide bonds. The predicted molar refractivity (Wildman–Crippen MR) is 117 cm³/mol. The fourth-order valence-corrected chi connectivity index (χ4v) is 2.47. The lowest BCUT2D eigenvalue weighted by atomic mass is 10.0. The third-order valence-corrected chi connectivity index (χ3v) is 4.07. The third kappa shape index (κ3) is 6.59. The summed E-state index contributed by atoms with van der Waals surface area (Å²) in [5, 5.41) is 0.982. The molecule has 0 N–H and O–H groups in total. The van der Waals surface area contributed by atoms with Crippen molar-refractivity contribution in [2.45, 2.75) is 54.4 Å². The van der Waals surface area contributed by atoms with Crippen LogP contribution in [0.3, 0.4) is 0 Å². The van der Waals surface area contributed by atoms with Crippen LogP contribution in [-0.4, -0.2) is 7.11 Å². The van der Waals surface area contributed by atoms with Crippen molar-refractivity contribution in [1.29, 1.82) is 0 Å². The standard InChI is InChI=1S/C12H12O2.C10H14O.2CH4/c1-8(2)10-7-9-5-3-4-6-11(9)14-12(10)13;1-8(2)9-4-6-10(11-3)7-5-9;;/h3-8H,1-2H3;4-8H,1-3H3;2*1H4. The minimum absolute atomic E-state index is 0. The molecule has 3 rings (SSSR count). The van der Waals surface area contributed by atoms with Gasteiger partial charge in [-0.05, 0) is 41.7 Å². The minimum atomic E-state index is -0.223. The Morgan fingerprint density at radius 1 is 0.852 bits per heavy atom. The lowest BCUT2D eigenvalue weighted by Crippen LogP contribution is -2.08. The van der Waals surface area contributed by atoms with Gasteiger partial charge in [0.15, 0.2) is 0 Å². The van der Waals surface area contributed by atoms with Gasteiger partial charge in [-0.15, -0.1) is 0 Å². The Morgan fingerprint density at radius 2 is 1.44 bits per heavy atom. The summed E-state index contributed by atoms with van der Waals surface area (Å²) in [6, 6.07) is 17.7. The molecule has 0 unspecified atom stereocenters. The van der Waals surface area contributed by atoms with Gasteiger partial charge >= 0.3 is 5.63 Å². The van der Waals surface area contributed by atoms with Crippen LogP contribution in [0.4, 0.5) is 0 Å². The zero-order valence-electron chi connectivity index (χ0n) is 15.6. The molecule has 0 aliphatic heterocycles. The van der Waals surface area contributed by atoms with Crippen LogP contribution in [-0.2, 0) is 0 Å². The molecule has 1 heterocycles. The van der Waals surface area contributed by atoms with Crippen molar-refractivity contribution in [2.24, 2.45) is 0 Å². The molecule has 3 aromatic rings. The number of para-hydroxylation sites is 1. The number of benzene rings is 2. The van der Waals surface area contributed by atoms with Gasteiger partial charge in [0.1, 0.15) is 11.3 Å². The van der Waals surface area contributed by atoms with Gasteiger partial charge in [-0.3, -0.25) is 0 Å². The van der Waals surface area contributed by atoms with Crippen molar-refractivity contribution in [3.8, 4) is 5.75 Å². The van der Waals surface area contributed by atoms with Crippen LogP contribution in [0.25, 0.3) is 11.0 Å². The summed E-state index contributed by atoms with van der Waals surface area (Å²) < 4.78 is 10.2. The molecule has 3 heteroatoms. The Hall–Kier alpha value is -2.55. The summed E-state index contributed by atoms with van der Waals surface area (Å²) in [4.78, 5) is 11.5. The monoisotopic (exact) mass is 370 g/mol. The fourth-order valence-electron chi connectivity index (χ4n) is 2.47. The maximum Gasteiger partial charge on any atom is 0.339 e. The third-order valence-electron chi connectivity index (χ3n) is 4.07. The SMILES string of the molecule is C.C.CC(C)c1cc2ccccc2oc1=O.COc1ccc(C(C)C)cc1. The highest BCUT2D eigenvalue weighted by molar-refractivity contribution is 5.76. The van der Waals surface area contributed by atoms with Crippen LogP contribution in [0.15, 0.2) is 63.8 Å². The molecule has 0 radical (unpaired) electrons. The molecule has 0 spiro atoms. The first-order chi connectivity index (χ1) is 11.9. The van der Waals surface area contributed by atoms with Gasteiger partial charge < -0.3 is 9.15 Å². The average Bonchev–Trinajstić information content (AvgIpc) is 2.61. The van der Waals surface area contributed by atoms with Gasteiger partial charge in [0, 0.05) is 10.9 Å². The molecule has 0 saturated heterocycles. The Kier molecular flexibility index (Phi) is 10.2. The van der Waals surface area contributed by atoms with Crippen LogP contribution in [0.5, 0.6) is 5.75 Å². The van der Waals surface area contributed by atoms with Crippen LogP contribution in [0.1, 0.15) is 65.5 Å². The van der Waals surface area contributed by atoms with E-state index in [1.807, 2.05) is 50.2 Å². The van der Waals surface area contributed by atoms with Gasteiger partial charge in [-0.2, -0.15) is 0 Å². The summed E-state index contributed by atoms with van der Waals surface area (Å²) in [6.45, 7) is 8.34. The summed E-state index contributed by atoms with van der Waals surface area (Å²) in [7, 11) is 1.68. The van der Waals surface area contributed by atoms with E-state index in [9.17, 15) is 4.79 Å². The van der Waals surface area contributed by atoms with Crippen LogP contribution >= 0.6 is 0 Å². The molecule has 0 bridgehead atoms. The molecule has 1 aromatic heterocycles. The summed E-state index contributed by atoms with van der Waals surface area (Å²) in [6.07, 6.45) is 0. The largest absolute Gasteiger partial charge is 0.497 e. The van der Waals surface area contributed by atoms with Gasteiger partial charge in [0.25, 0.3) is 0 Å². The summed E-state index contributed by atoms with van der Waals surface area (Å²) in [5.74, 6) is 1.73. The number of rotatable bonds is 3. The summed E-state index contributed by atoms with van der Waals surface area (Å²) >= 11 is 0. The molecule has 0 fully saturated rings. The Labute approximate surface area is 164 Å². The summed E-state index contributed by atoms with van der Waals surface area (Å²) in [5.41, 5.74) is 2.52. The van der Waals surface area contributed by atoms with Gasteiger partial charge in [-0.25, -0.2) is 4.79 Å². The first-order valence-corrected chi connectivity index (χ1v) is 8.59. The highest BCUT2D eigenvalue weighted by atomic mass is 16.5. The average molecular weight is 371 g/mol. The van der Waals surface area contributed by atoms with E-state index in [1.165, 1.54) is 5.56 Å². The second-order valence-corrected chi connectivity index (χ2v) is 6.61. The van der Waals surface area contributed by atoms with E-state index in [0.29, 0.717) is 11.5 Å². The molecule has 0 aliphatic carbocycles. The van der Waals surface area contributed by atoms with E-state index in [-0.39, 0.29) is 26.4 Å². The van der Waals surface area contributed by atoms with Crippen molar-refractivity contribution in [3.63, 3.8) is 0 Å². The van der Waals surface area contributed by atoms with Gasteiger partial charge in [0.2, 0.25) is 0 Å². The predicted octanol–water partition coefficient (Wildman–Crippen LogP) is 7.01. The second-order valence-electron chi connectivity index (χ2n) is 6.61. The van der Waals surface area contributed by atoms with E-state index in [0.717, 1.165) is 16.7 Å². The zero-order valence-corrected chi connectivity index (χ0v) is 15.6. The Bertz CT molecular complexity index is 859. The quantitative estimate of drug-likeness (QED) is 0.466. The van der Waals surface area contributed by atoms with Crippen molar-refractivity contribution < 1.29 is 9.15 Å². The van der Waals surface area contributed by atoms with E-state index >= 15 is 0 Å². The number of hydrogen-bond acceptors (Lipinski definition) is 3. The fraction of sp³-hybridized carbons (Fsp3) is 0.375. The molecule has 148 valence electrons. The minimum Gasteiger partial charge on any atom is -0.497 e. The molecule has 0 atom stereocenters. The van der Waals surface area contributed by atoms with Crippen LogP contribution in [0.2, 0.25) is 0 Å². The molecule has 3 nitrogen and oxygen atoms in total. The number of ether oxygens (including phenoxy) is 1. The van der Waals surface area contributed by atoms with E-state index in [1.54, 1.807) is 13.2 Å². The maximum absolute atomic E-state index is 11.5. The highest BCUT2D eigenvalue weighted by Crippen LogP contribution is 2.18. The normalized spacial score (nSPS) is 9.89. The van der Waals surface area contributed by atoms with E-state index < -0.39 is 0 Å². The number of hydrogen-bond donors (Lipinski definition) is 0. The van der Waals surface area contributed by atoms with Crippen LogP contribution < -0.4 is 10.4 Å². The van der Waals surface area contributed by atoms with Crippen molar-refractivity contribution in [3.05, 3.63) is 76.1 Å². The highest BCUT2D eigenvalue weighted by Gasteiger charge is 2.07. The lowest BCUT2D eigenvalue weighted by molar-refractivity contribution is 0.414. The van der Waals surface area contributed by atoms with Gasteiger partial charge in [0.05, 0.1) is 7.11 Å². The van der Waals surface area contributed by atoms with Gasteiger partial charge in [-0.1, -0.05) is 72.9 Å². The van der Waals surface area contributed by atoms with Crippen LogP contribution in [0, 0.1) is 0 Å². The number of methoxy groups -OCH3 is 1. The molecular weight excluding hydrogens is 336 g/mol. The van der Waals surface area contributed by atoms with Crippen molar-refractivity contribution in [2.75, 3.05) is 7.11 Å². The lowest BCUT2D eigenvalue weighted by Gasteiger charge is -2.05. The number of fused-ring (bicyclic) bond motifs is 1. The molecule has 2 aromatic carbocycles. The second kappa shape index (κ2) is 11.2. The molecule has 0 saturated carbocycles. The van der Waals surface area contributed by atoms with E-state index in [4.69, 9.17) is 9.15 Å². The van der Waals surface area contributed by atoms with Crippen molar-refractivity contribution >= 4 is 11.0 Å². The Balaban J connectivity index is 0.000000479. The molecule has 0 aliphatic rings. The first-order valence-electron chi connectivity index (χ1n) is 8.59. The molecular formula is C24H34O3. The zero-order chi connectivity index (χ0) is 18.4. The first kappa shape index (κ1) is 24.5. The Morgan fingerprint density at radius 3 is 1.96 bits per heavy atom. The molecule has 27 heavy (non-hydrogen) atoms. The smallest absolute Gasteiger partial charge is 0.339 e. The van der Waals surface area contributed by atoms with Crippen molar-refractivity contribution in [1.82, 2.24) is 0 Å². The van der Waals surface area contributed by atoms with E-state index in [2.05, 4.69) is 26.0 Å². The topological polar surface area (TPSA) is 39.4 Å².